The highest BCUT2D eigenvalue weighted by Gasteiger charge is 2.27. The van der Waals surface area contributed by atoms with Crippen LogP contribution in [0.4, 0.5) is 5.69 Å². The van der Waals surface area contributed by atoms with Gasteiger partial charge in [0, 0.05) is 87.9 Å². The molecule has 0 spiro atoms. The summed E-state index contributed by atoms with van der Waals surface area (Å²) in [6.45, 7) is 6.03. The molecule has 0 aliphatic carbocycles. The van der Waals surface area contributed by atoms with Crippen molar-refractivity contribution in [3.63, 3.8) is 0 Å². The fourth-order valence-electron chi connectivity index (χ4n) is 4.74. The highest BCUT2D eigenvalue weighted by atomic mass is 16.6. The Bertz CT molecular complexity index is 1250. The van der Waals surface area contributed by atoms with Gasteiger partial charge in [0.05, 0.1) is 4.92 Å². The van der Waals surface area contributed by atoms with E-state index in [0.29, 0.717) is 75.7 Å². The number of non-ortho nitro benzene ring substituents is 1. The summed E-state index contributed by atoms with van der Waals surface area (Å²) in [5.74, 6) is -0.395. The van der Waals surface area contributed by atoms with Crippen LogP contribution in [-0.2, 0) is 6.54 Å². The molecule has 2 aromatic rings. The number of hydrogen-bond acceptors (Lipinski definition) is 7. The Labute approximate surface area is 220 Å². The van der Waals surface area contributed by atoms with E-state index < -0.39 is 4.92 Å². The molecule has 4 N–H and O–H groups in total. The van der Waals surface area contributed by atoms with Crippen LogP contribution in [0.5, 0.6) is 0 Å². The van der Waals surface area contributed by atoms with Crippen LogP contribution in [0.2, 0.25) is 0 Å². The maximum atomic E-state index is 13.3. The summed E-state index contributed by atoms with van der Waals surface area (Å²) in [5, 5.41) is 26.8. The molecule has 200 valence electrons. The fourth-order valence-corrected chi connectivity index (χ4v) is 4.74. The molecule has 2 saturated heterocycles. The standard InChI is InChI=1S/C26H32N8O4/c1-18(27)20-2-4-21(5-3-20)24(35)31-10-12-32(13-11-31)25(36)22-14-19(15-23(16-22)34(37)38)17-30-6-8-33(9-7-30)26(28)29/h2-5,14-16,27H,6-13,17H2,1H3,(H3,28,29). The predicted octanol–water partition coefficient (Wildman–Crippen LogP) is 1.59. The fraction of sp³-hybridized carbons (Fsp3) is 0.385. The molecule has 0 unspecified atom stereocenters. The summed E-state index contributed by atoms with van der Waals surface area (Å²) in [5.41, 5.74) is 8.07. The van der Waals surface area contributed by atoms with Crippen molar-refractivity contribution in [1.82, 2.24) is 19.6 Å². The summed E-state index contributed by atoms with van der Waals surface area (Å²) in [7, 11) is 0. The zero-order valence-corrected chi connectivity index (χ0v) is 21.4. The molecule has 12 heteroatoms. The molecule has 2 amide bonds. The predicted molar refractivity (Wildman–Crippen MR) is 143 cm³/mol. The Morgan fingerprint density at radius 2 is 1.32 bits per heavy atom. The maximum absolute atomic E-state index is 13.3. The molecule has 2 aliphatic heterocycles. The number of rotatable bonds is 6. The van der Waals surface area contributed by atoms with Crippen LogP contribution in [0.25, 0.3) is 0 Å². The number of piperazine rings is 2. The van der Waals surface area contributed by atoms with E-state index >= 15 is 0 Å². The van der Waals surface area contributed by atoms with Crippen molar-refractivity contribution in [3.8, 4) is 0 Å². The average Bonchev–Trinajstić information content (AvgIpc) is 2.92. The first-order valence-corrected chi connectivity index (χ1v) is 12.5. The zero-order valence-electron chi connectivity index (χ0n) is 21.4. The third-order valence-electron chi connectivity index (χ3n) is 6.97. The lowest BCUT2D eigenvalue weighted by Gasteiger charge is -2.35. The van der Waals surface area contributed by atoms with E-state index in [0.717, 1.165) is 5.56 Å². The molecule has 0 radical (unpaired) electrons. The van der Waals surface area contributed by atoms with Gasteiger partial charge in [-0.3, -0.25) is 30.0 Å². The molecule has 0 aromatic heterocycles. The number of carbonyl (C=O) groups is 2. The monoisotopic (exact) mass is 520 g/mol. The van der Waals surface area contributed by atoms with E-state index in [9.17, 15) is 19.7 Å². The SMILES string of the molecule is CC(=N)c1ccc(C(=O)N2CCN(C(=O)c3cc(CN4CCN(C(=N)N)CC4)cc([N+](=O)[O-])c3)CC2)cc1. The lowest BCUT2D eigenvalue weighted by Crippen LogP contribution is -2.50. The number of guanidine groups is 1. The van der Waals surface area contributed by atoms with Gasteiger partial charge in [-0.2, -0.15) is 0 Å². The van der Waals surface area contributed by atoms with Gasteiger partial charge in [0.15, 0.2) is 5.96 Å². The van der Waals surface area contributed by atoms with Gasteiger partial charge < -0.3 is 25.8 Å². The first kappa shape index (κ1) is 26.7. The molecule has 0 atom stereocenters. The lowest BCUT2D eigenvalue weighted by atomic mass is 10.1. The van der Waals surface area contributed by atoms with Gasteiger partial charge in [-0.25, -0.2) is 0 Å². The van der Waals surface area contributed by atoms with Gasteiger partial charge in [-0.05, 0) is 36.2 Å². The van der Waals surface area contributed by atoms with Crippen LogP contribution in [0, 0.1) is 20.9 Å². The van der Waals surface area contributed by atoms with Crippen LogP contribution in [0.1, 0.15) is 38.8 Å². The van der Waals surface area contributed by atoms with Gasteiger partial charge in [0.25, 0.3) is 17.5 Å². The third kappa shape index (κ3) is 6.14. The third-order valence-corrected chi connectivity index (χ3v) is 6.97. The minimum atomic E-state index is -0.490. The van der Waals surface area contributed by atoms with Crippen LogP contribution < -0.4 is 5.73 Å². The molecule has 2 aliphatic rings. The van der Waals surface area contributed by atoms with Gasteiger partial charge in [0.2, 0.25) is 0 Å². The van der Waals surface area contributed by atoms with Crippen molar-refractivity contribution in [3.05, 3.63) is 74.8 Å². The van der Waals surface area contributed by atoms with E-state index in [1.54, 1.807) is 52.0 Å². The summed E-state index contributed by atoms with van der Waals surface area (Å²) in [4.78, 5) is 44.5. The second-order valence-corrected chi connectivity index (χ2v) is 9.58. The number of amides is 2. The average molecular weight is 521 g/mol. The molecule has 4 rings (SSSR count). The van der Waals surface area contributed by atoms with Crippen molar-refractivity contribution in [2.45, 2.75) is 13.5 Å². The minimum Gasteiger partial charge on any atom is -0.370 e. The molecule has 2 aromatic carbocycles. The van der Waals surface area contributed by atoms with E-state index in [-0.39, 0.29) is 29.0 Å². The van der Waals surface area contributed by atoms with Crippen molar-refractivity contribution < 1.29 is 14.5 Å². The van der Waals surface area contributed by atoms with Gasteiger partial charge in [-0.15, -0.1) is 0 Å². The maximum Gasteiger partial charge on any atom is 0.270 e. The largest absolute Gasteiger partial charge is 0.370 e. The first-order valence-electron chi connectivity index (χ1n) is 12.5. The summed E-state index contributed by atoms with van der Waals surface area (Å²) < 4.78 is 0. The molecule has 12 nitrogen and oxygen atoms in total. The van der Waals surface area contributed by atoms with Crippen molar-refractivity contribution in [2.75, 3.05) is 52.4 Å². The van der Waals surface area contributed by atoms with Crippen molar-refractivity contribution in [2.24, 2.45) is 5.73 Å². The number of nitrogens with one attached hydrogen (secondary N) is 2. The topological polar surface area (TPSA) is 164 Å². The van der Waals surface area contributed by atoms with Crippen LogP contribution in [-0.4, -0.2) is 100 Å². The number of carbonyl (C=O) groups excluding carboxylic acids is 2. The molecule has 0 saturated carbocycles. The summed E-state index contributed by atoms with van der Waals surface area (Å²) in [6.07, 6.45) is 0. The smallest absolute Gasteiger partial charge is 0.270 e. The number of nitrogens with zero attached hydrogens (tertiary/aromatic N) is 5. The van der Waals surface area contributed by atoms with E-state index in [4.69, 9.17) is 16.6 Å². The number of nitro groups is 1. The quantitative estimate of drug-likeness (QED) is 0.225. The van der Waals surface area contributed by atoms with Crippen LogP contribution in [0.3, 0.4) is 0 Å². The summed E-state index contributed by atoms with van der Waals surface area (Å²) >= 11 is 0. The van der Waals surface area contributed by atoms with Gasteiger partial charge in [-0.1, -0.05) is 12.1 Å². The summed E-state index contributed by atoms with van der Waals surface area (Å²) in [6, 6.07) is 11.4. The second-order valence-electron chi connectivity index (χ2n) is 9.58. The van der Waals surface area contributed by atoms with E-state index in [1.807, 2.05) is 0 Å². The van der Waals surface area contributed by atoms with Crippen molar-refractivity contribution in [1.29, 1.82) is 10.8 Å². The first-order chi connectivity index (χ1) is 18.1. The minimum absolute atomic E-state index is 0.0328. The number of nitrogens with two attached hydrogens (primary N) is 1. The molecular formula is C26H32N8O4. The van der Waals surface area contributed by atoms with E-state index in [1.165, 1.54) is 12.1 Å². The van der Waals surface area contributed by atoms with E-state index in [2.05, 4.69) is 4.90 Å². The Hall–Kier alpha value is -4.32. The Morgan fingerprint density at radius 3 is 1.82 bits per heavy atom. The number of benzene rings is 2. The molecule has 2 heterocycles. The molecule has 0 bridgehead atoms. The highest BCUT2D eigenvalue weighted by molar-refractivity contribution is 5.99. The lowest BCUT2D eigenvalue weighted by molar-refractivity contribution is -0.385. The Morgan fingerprint density at radius 1 is 0.816 bits per heavy atom. The van der Waals surface area contributed by atoms with Crippen LogP contribution >= 0.6 is 0 Å². The molecular weight excluding hydrogens is 488 g/mol. The molecule has 38 heavy (non-hydrogen) atoms. The van der Waals surface area contributed by atoms with Gasteiger partial charge >= 0.3 is 0 Å². The van der Waals surface area contributed by atoms with Gasteiger partial charge in [0.1, 0.15) is 0 Å². The molecule has 2 fully saturated rings. The number of nitro benzene ring substituents is 1. The van der Waals surface area contributed by atoms with Crippen LogP contribution in [0.15, 0.2) is 42.5 Å². The Kier molecular flexibility index (Phi) is 8.01. The van der Waals surface area contributed by atoms with Crippen molar-refractivity contribution >= 4 is 29.2 Å². The Balaban J connectivity index is 1.40. The normalized spacial score (nSPS) is 16.3. The number of hydrogen-bond donors (Lipinski definition) is 3. The second kappa shape index (κ2) is 11.4. The zero-order chi connectivity index (χ0) is 27.4. The highest BCUT2D eigenvalue weighted by Crippen LogP contribution is 2.22.